The Hall–Kier alpha value is -3.47. The predicted octanol–water partition coefficient (Wildman–Crippen LogP) is 2.95. The lowest BCUT2D eigenvalue weighted by molar-refractivity contribution is 1.06. The van der Waals surface area contributed by atoms with Crippen LogP contribution in [0.15, 0.2) is 48.9 Å². The minimum atomic E-state index is 0.803. The molecule has 2 N–H and O–H groups in total. The number of aromatic nitrogens is 5. The summed E-state index contributed by atoms with van der Waals surface area (Å²) >= 11 is 0. The molecule has 0 saturated heterocycles. The Kier molecular flexibility index (Phi) is 3.97. The highest BCUT2D eigenvalue weighted by atomic mass is 15.1. The monoisotopic (exact) mass is 341 g/mol. The van der Waals surface area contributed by atoms with E-state index in [1.54, 1.807) is 6.20 Å². The first kappa shape index (κ1) is 16.0. The Bertz CT molecular complexity index is 1190. The van der Waals surface area contributed by atoms with Crippen molar-refractivity contribution < 1.29 is 0 Å². The van der Waals surface area contributed by atoms with E-state index in [9.17, 15) is 0 Å². The van der Waals surface area contributed by atoms with E-state index in [-0.39, 0.29) is 0 Å². The third kappa shape index (κ3) is 2.95. The van der Waals surface area contributed by atoms with Gasteiger partial charge in [-0.15, -0.1) is 0 Å². The van der Waals surface area contributed by atoms with Crippen molar-refractivity contribution in [3.63, 3.8) is 0 Å². The van der Waals surface area contributed by atoms with Gasteiger partial charge in [0.25, 0.3) is 0 Å². The van der Waals surface area contributed by atoms with E-state index in [1.807, 2.05) is 43.6 Å². The summed E-state index contributed by atoms with van der Waals surface area (Å²) in [6.07, 6.45) is 9.55. The van der Waals surface area contributed by atoms with Crippen molar-refractivity contribution in [3.8, 4) is 11.4 Å². The van der Waals surface area contributed by atoms with Crippen molar-refractivity contribution in [3.05, 3.63) is 70.6 Å². The van der Waals surface area contributed by atoms with Crippen LogP contribution < -0.4 is 10.6 Å². The minimum Gasteiger partial charge on any atom is -0.352 e. The number of aryl methyl sites for hydroxylation is 1. The van der Waals surface area contributed by atoms with Crippen molar-refractivity contribution in [1.29, 1.82) is 0 Å². The Morgan fingerprint density at radius 1 is 1.23 bits per heavy atom. The smallest absolute Gasteiger partial charge is 0.116 e. The predicted molar refractivity (Wildman–Crippen MR) is 106 cm³/mol. The number of nitrogens with zero attached hydrogens (tertiary/aromatic N) is 3. The van der Waals surface area contributed by atoms with Gasteiger partial charge in [-0.25, -0.2) is 0 Å². The Morgan fingerprint density at radius 2 is 2.12 bits per heavy atom. The average molecular weight is 341 g/mol. The molecular weight excluding hydrogens is 322 g/mol. The quantitative estimate of drug-likeness (QED) is 0.602. The maximum absolute atomic E-state index is 4.43. The topological polar surface area (TPSA) is 70.2 Å². The molecule has 4 heterocycles. The van der Waals surface area contributed by atoms with Gasteiger partial charge < -0.3 is 4.98 Å². The minimum absolute atomic E-state index is 0.803. The number of hydrogen-bond acceptors (Lipinski definition) is 3. The summed E-state index contributed by atoms with van der Waals surface area (Å²) in [4.78, 5) is 11.9. The number of allylic oxidation sites excluding steroid dienone is 2. The number of rotatable bonds is 3. The summed E-state index contributed by atoms with van der Waals surface area (Å²) in [5.41, 5.74) is 6.99. The lowest BCUT2D eigenvalue weighted by Gasteiger charge is -2.00. The molecule has 4 aromatic heterocycles. The molecule has 0 aromatic carbocycles. The number of fused-ring (bicyclic) bond motifs is 1. The second-order valence-corrected chi connectivity index (χ2v) is 6.35. The fraction of sp³-hybridized carbons (Fsp3) is 0.0952. The zero-order valence-corrected chi connectivity index (χ0v) is 14.7. The van der Waals surface area contributed by atoms with Crippen molar-refractivity contribution in [2.45, 2.75) is 13.8 Å². The van der Waals surface area contributed by atoms with Crippen LogP contribution in [0.4, 0.5) is 0 Å². The van der Waals surface area contributed by atoms with E-state index >= 15 is 0 Å². The summed E-state index contributed by atoms with van der Waals surface area (Å²) in [5, 5.41) is 9.22. The highest BCUT2D eigenvalue weighted by Crippen LogP contribution is 2.18. The fourth-order valence-corrected chi connectivity index (χ4v) is 2.90. The third-order valence-electron chi connectivity index (χ3n) is 4.37. The Balaban J connectivity index is 1.72. The van der Waals surface area contributed by atoms with Gasteiger partial charge in [-0.3, -0.25) is 15.1 Å². The van der Waals surface area contributed by atoms with Crippen molar-refractivity contribution in [2.75, 3.05) is 0 Å². The van der Waals surface area contributed by atoms with Crippen LogP contribution in [0.25, 0.3) is 40.6 Å². The molecule has 0 atom stereocenters. The standard InChI is InChI=1S/C21H19N5/c1-13-9-16(12-22-11-13)14(2)6-7-17-15(3)21(26-25-17)20-10-19-18(24-20)5-4-8-23-19/h4-12,24-25H,3H2,1-2H3/b14-6+,17-7+. The van der Waals surface area contributed by atoms with Gasteiger partial charge in [0, 0.05) is 23.8 Å². The second kappa shape index (κ2) is 6.44. The fourth-order valence-electron chi connectivity index (χ4n) is 2.90. The number of pyridine rings is 2. The first-order valence-corrected chi connectivity index (χ1v) is 8.40. The van der Waals surface area contributed by atoms with E-state index in [1.165, 1.54) is 0 Å². The molecule has 4 rings (SSSR count). The highest BCUT2D eigenvalue weighted by molar-refractivity contribution is 5.81. The van der Waals surface area contributed by atoms with Crippen molar-refractivity contribution in [2.24, 2.45) is 0 Å². The normalized spacial score (nSPS) is 12.8. The Morgan fingerprint density at radius 3 is 2.92 bits per heavy atom. The molecule has 0 amide bonds. The van der Waals surface area contributed by atoms with Crippen LogP contribution in [-0.2, 0) is 0 Å². The first-order valence-electron chi connectivity index (χ1n) is 8.40. The molecule has 0 saturated carbocycles. The zero-order chi connectivity index (χ0) is 18.1. The van der Waals surface area contributed by atoms with E-state index < -0.39 is 0 Å². The summed E-state index contributed by atoms with van der Waals surface area (Å²) in [6, 6.07) is 8.01. The van der Waals surface area contributed by atoms with Gasteiger partial charge in [0.15, 0.2) is 0 Å². The maximum Gasteiger partial charge on any atom is 0.116 e. The molecule has 0 fully saturated rings. The summed E-state index contributed by atoms with van der Waals surface area (Å²) in [6.45, 7) is 8.29. The molecule has 5 heteroatoms. The van der Waals surface area contributed by atoms with Crippen LogP contribution in [0.2, 0.25) is 0 Å². The molecule has 128 valence electrons. The van der Waals surface area contributed by atoms with E-state index in [2.05, 4.69) is 50.8 Å². The summed E-state index contributed by atoms with van der Waals surface area (Å²) < 4.78 is 0. The van der Waals surface area contributed by atoms with Gasteiger partial charge in [-0.1, -0.05) is 12.7 Å². The molecule has 4 aromatic rings. The average Bonchev–Trinajstić information content (AvgIpc) is 3.22. The van der Waals surface area contributed by atoms with Crippen LogP contribution in [0.3, 0.4) is 0 Å². The van der Waals surface area contributed by atoms with Crippen LogP contribution in [-0.4, -0.2) is 25.1 Å². The molecule has 0 radical (unpaired) electrons. The van der Waals surface area contributed by atoms with Crippen LogP contribution in [0, 0.1) is 6.92 Å². The SMILES string of the molecule is C=c1c(-c2cc3ncccc3[nH]2)n[nH]/c1=C/C=C(\C)c1cncc(C)c1. The van der Waals surface area contributed by atoms with Gasteiger partial charge in [-0.2, -0.15) is 5.10 Å². The lowest BCUT2D eigenvalue weighted by Crippen LogP contribution is -2.21. The third-order valence-corrected chi connectivity index (χ3v) is 4.37. The number of aromatic amines is 2. The van der Waals surface area contributed by atoms with Crippen LogP contribution in [0.5, 0.6) is 0 Å². The maximum atomic E-state index is 4.43. The lowest BCUT2D eigenvalue weighted by atomic mass is 10.1. The van der Waals surface area contributed by atoms with E-state index in [0.717, 1.165) is 49.7 Å². The molecule has 26 heavy (non-hydrogen) atoms. The van der Waals surface area contributed by atoms with Gasteiger partial charge in [0.1, 0.15) is 5.69 Å². The molecule has 0 spiro atoms. The molecule has 0 bridgehead atoms. The van der Waals surface area contributed by atoms with Gasteiger partial charge in [-0.05, 0) is 60.9 Å². The van der Waals surface area contributed by atoms with E-state index in [0.29, 0.717) is 0 Å². The van der Waals surface area contributed by atoms with E-state index in [4.69, 9.17) is 0 Å². The summed E-state index contributed by atoms with van der Waals surface area (Å²) in [7, 11) is 0. The van der Waals surface area contributed by atoms with Crippen molar-refractivity contribution in [1.82, 2.24) is 25.1 Å². The first-order chi connectivity index (χ1) is 12.6. The summed E-state index contributed by atoms with van der Waals surface area (Å²) in [5.74, 6) is 0. The molecule has 0 aliphatic heterocycles. The second-order valence-electron chi connectivity index (χ2n) is 6.35. The number of H-pyrrole nitrogens is 2. The van der Waals surface area contributed by atoms with Gasteiger partial charge in [0.05, 0.1) is 22.1 Å². The Labute approximate surface area is 150 Å². The van der Waals surface area contributed by atoms with Gasteiger partial charge >= 0.3 is 0 Å². The molecule has 5 nitrogen and oxygen atoms in total. The molecule has 0 aliphatic rings. The van der Waals surface area contributed by atoms with Crippen LogP contribution >= 0.6 is 0 Å². The largest absolute Gasteiger partial charge is 0.352 e. The van der Waals surface area contributed by atoms with Crippen LogP contribution in [0.1, 0.15) is 18.1 Å². The number of hydrogen-bond donors (Lipinski definition) is 2. The molecular formula is C21H19N5. The molecule has 0 aliphatic carbocycles. The zero-order valence-electron chi connectivity index (χ0n) is 14.7. The van der Waals surface area contributed by atoms with Gasteiger partial charge in [0.2, 0.25) is 0 Å². The number of nitrogens with one attached hydrogen (secondary N) is 2. The van der Waals surface area contributed by atoms with Crippen molar-refractivity contribution >= 4 is 29.3 Å². The molecule has 0 unspecified atom stereocenters. The highest BCUT2D eigenvalue weighted by Gasteiger charge is 2.08.